The molecule has 0 unspecified atom stereocenters. The maximum Gasteiger partial charge on any atom is 0.0817 e. The molecule has 2 heteroatoms. The molecule has 0 aliphatic heterocycles. The van der Waals surface area contributed by atoms with Crippen molar-refractivity contribution in [3.8, 4) is 0 Å². The highest BCUT2D eigenvalue weighted by atomic mass is 28.2. The van der Waals surface area contributed by atoms with Gasteiger partial charge >= 0.3 is 0 Å². The molecule has 16 heavy (non-hydrogen) atoms. The fourth-order valence-electron chi connectivity index (χ4n) is 1.68. The SMILES string of the molecule is C=Cc1c(NCC)cccc1[Si]CCCC. The first kappa shape index (κ1) is 13.0. The van der Waals surface area contributed by atoms with Crippen LogP contribution in [0, 0.1) is 0 Å². The molecule has 0 fully saturated rings. The fraction of sp³-hybridized carbons (Fsp3) is 0.429. The third kappa shape index (κ3) is 3.53. The number of rotatable bonds is 7. The third-order valence-electron chi connectivity index (χ3n) is 2.52. The molecule has 0 saturated heterocycles. The van der Waals surface area contributed by atoms with Crippen LogP contribution in [0.15, 0.2) is 24.8 Å². The van der Waals surface area contributed by atoms with Crippen molar-refractivity contribution in [2.24, 2.45) is 0 Å². The van der Waals surface area contributed by atoms with Crippen LogP contribution in [0.3, 0.4) is 0 Å². The number of hydrogen-bond donors (Lipinski definition) is 1. The topological polar surface area (TPSA) is 12.0 Å². The van der Waals surface area contributed by atoms with Crippen molar-refractivity contribution in [3.63, 3.8) is 0 Å². The highest BCUT2D eigenvalue weighted by Gasteiger charge is 2.04. The number of unbranched alkanes of at least 4 members (excludes halogenated alkanes) is 1. The van der Waals surface area contributed by atoms with Crippen molar-refractivity contribution in [1.29, 1.82) is 0 Å². The van der Waals surface area contributed by atoms with E-state index in [0.717, 1.165) is 16.1 Å². The summed E-state index contributed by atoms with van der Waals surface area (Å²) in [4.78, 5) is 0. The standard InChI is InChI=1S/C14H21NSi/c1-4-7-11-16-14-10-8-9-13(15-6-3)12(14)5-2/h5,8-10,15H,2,4,6-7,11H2,1,3H3. The zero-order valence-electron chi connectivity index (χ0n) is 10.3. The number of anilines is 1. The predicted octanol–water partition coefficient (Wildman–Crippen LogP) is 3.31. The highest BCUT2D eigenvalue weighted by molar-refractivity contribution is 6.54. The van der Waals surface area contributed by atoms with Crippen LogP contribution >= 0.6 is 0 Å². The quantitative estimate of drug-likeness (QED) is 0.561. The molecule has 1 rings (SSSR count). The first-order valence-electron chi connectivity index (χ1n) is 6.06. The summed E-state index contributed by atoms with van der Waals surface area (Å²) in [6.45, 7) is 9.26. The molecule has 2 radical (unpaired) electrons. The van der Waals surface area contributed by atoms with Gasteiger partial charge in [0.15, 0.2) is 0 Å². The summed E-state index contributed by atoms with van der Waals surface area (Å²) in [5, 5.41) is 4.84. The second-order valence-electron chi connectivity index (χ2n) is 3.78. The monoisotopic (exact) mass is 231 g/mol. The van der Waals surface area contributed by atoms with Crippen LogP contribution in [0.25, 0.3) is 6.08 Å². The van der Waals surface area contributed by atoms with Gasteiger partial charge in [0.25, 0.3) is 0 Å². The predicted molar refractivity (Wildman–Crippen MR) is 75.8 cm³/mol. The Hall–Kier alpha value is -1.02. The first-order valence-corrected chi connectivity index (χ1v) is 7.27. The lowest BCUT2D eigenvalue weighted by Crippen LogP contribution is -2.18. The minimum Gasteiger partial charge on any atom is -0.385 e. The van der Waals surface area contributed by atoms with E-state index in [9.17, 15) is 0 Å². The lowest BCUT2D eigenvalue weighted by atomic mass is 10.1. The molecule has 0 atom stereocenters. The molecular formula is C14H21NSi. The molecule has 1 nitrogen and oxygen atoms in total. The summed E-state index contributed by atoms with van der Waals surface area (Å²) < 4.78 is 0. The van der Waals surface area contributed by atoms with Crippen LogP contribution in [-0.2, 0) is 0 Å². The molecule has 0 heterocycles. The Morgan fingerprint density at radius 3 is 2.81 bits per heavy atom. The molecule has 0 saturated carbocycles. The van der Waals surface area contributed by atoms with Gasteiger partial charge in [-0.2, -0.15) is 0 Å². The molecule has 0 amide bonds. The molecule has 1 N–H and O–H groups in total. The van der Waals surface area contributed by atoms with Crippen molar-refractivity contribution in [2.45, 2.75) is 32.7 Å². The van der Waals surface area contributed by atoms with Gasteiger partial charge in [0.2, 0.25) is 0 Å². The van der Waals surface area contributed by atoms with Crippen molar-refractivity contribution in [1.82, 2.24) is 0 Å². The van der Waals surface area contributed by atoms with Crippen LogP contribution in [0.2, 0.25) is 6.04 Å². The molecule has 0 aliphatic rings. The Bertz CT molecular complexity index is 334. The van der Waals surface area contributed by atoms with Crippen LogP contribution in [0.5, 0.6) is 0 Å². The molecular weight excluding hydrogens is 210 g/mol. The van der Waals surface area contributed by atoms with Gasteiger partial charge in [-0.1, -0.05) is 55.8 Å². The smallest absolute Gasteiger partial charge is 0.0817 e. The summed E-state index contributed by atoms with van der Waals surface area (Å²) in [6, 6.07) is 7.80. The number of benzene rings is 1. The Morgan fingerprint density at radius 2 is 2.19 bits per heavy atom. The average Bonchev–Trinajstić information content (AvgIpc) is 2.30. The second-order valence-corrected chi connectivity index (χ2v) is 5.17. The molecule has 86 valence electrons. The Balaban J connectivity index is 2.81. The van der Waals surface area contributed by atoms with E-state index in [4.69, 9.17) is 0 Å². The van der Waals surface area contributed by atoms with Gasteiger partial charge in [0.1, 0.15) is 0 Å². The van der Waals surface area contributed by atoms with Crippen LogP contribution in [0.4, 0.5) is 5.69 Å². The van der Waals surface area contributed by atoms with Gasteiger partial charge in [-0.25, -0.2) is 0 Å². The maximum absolute atomic E-state index is 3.93. The van der Waals surface area contributed by atoms with Crippen LogP contribution < -0.4 is 10.5 Å². The largest absolute Gasteiger partial charge is 0.385 e. The van der Waals surface area contributed by atoms with Crippen LogP contribution in [-0.4, -0.2) is 16.1 Å². The van der Waals surface area contributed by atoms with Gasteiger partial charge in [0, 0.05) is 12.2 Å². The Kier molecular flexibility index (Phi) is 5.94. The van der Waals surface area contributed by atoms with Gasteiger partial charge in [-0.05, 0) is 18.6 Å². The molecule has 0 aromatic heterocycles. The highest BCUT2D eigenvalue weighted by Crippen LogP contribution is 2.14. The molecule has 0 bridgehead atoms. The lowest BCUT2D eigenvalue weighted by molar-refractivity contribution is 0.881. The number of nitrogens with one attached hydrogen (secondary N) is 1. The zero-order chi connectivity index (χ0) is 11.8. The van der Waals surface area contributed by atoms with E-state index < -0.39 is 0 Å². The van der Waals surface area contributed by atoms with Gasteiger partial charge < -0.3 is 5.32 Å². The summed E-state index contributed by atoms with van der Waals surface area (Å²) in [5.41, 5.74) is 2.51. The normalized spacial score (nSPS) is 10.1. The number of hydrogen-bond acceptors (Lipinski definition) is 1. The van der Waals surface area contributed by atoms with E-state index in [0.29, 0.717) is 0 Å². The summed E-state index contributed by atoms with van der Waals surface area (Å²) in [7, 11) is 0.907. The van der Waals surface area contributed by atoms with Gasteiger partial charge in [0.05, 0.1) is 9.52 Å². The summed E-state index contributed by atoms with van der Waals surface area (Å²) in [5.74, 6) is 0. The van der Waals surface area contributed by atoms with E-state index in [1.165, 1.54) is 35.3 Å². The van der Waals surface area contributed by atoms with E-state index in [-0.39, 0.29) is 0 Å². The fourth-order valence-corrected chi connectivity index (χ4v) is 3.12. The lowest BCUT2D eigenvalue weighted by Gasteiger charge is -2.12. The van der Waals surface area contributed by atoms with E-state index >= 15 is 0 Å². The minimum atomic E-state index is 0.907. The Morgan fingerprint density at radius 1 is 1.38 bits per heavy atom. The van der Waals surface area contributed by atoms with E-state index in [2.05, 4.69) is 43.9 Å². The molecule has 0 aliphatic carbocycles. The summed E-state index contributed by atoms with van der Waals surface area (Å²) in [6.07, 6.45) is 4.58. The Labute approximate surface area is 102 Å². The van der Waals surface area contributed by atoms with E-state index in [1.807, 2.05) is 6.08 Å². The average molecular weight is 231 g/mol. The van der Waals surface area contributed by atoms with E-state index in [1.54, 1.807) is 0 Å². The van der Waals surface area contributed by atoms with Crippen LogP contribution in [0.1, 0.15) is 32.3 Å². The second kappa shape index (κ2) is 7.28. The van der Waals surface area contributed by atoms with Crippen molar-refractivity contribution < 1.29 is 0 Å². The van der Waals surface area contributed by atoms with Crippen molar-refractivity contribution in [3.05, 3.63) is 30.3 Å². The zero-order valence-corrected chi connectivity index (χ0v) is 11.3. The van der Waals surface area contributed by atoms with Crippen molar-refractivity contribution >= 4 is 26.5 Å². The third-order valence-corrected chi connectivity index (χ3v) is 3.94. The van der Waals surface area contributed by atoms with Crippen molar-refractivity contribution in [2.75, 3.05) is 11.9 Å². The molecule has 1 aromatic rings. The van der Waals surface area contributed by atoms with Gasteiger partial charge in [-0.3, -0.25) is 0 Å². The molecule has 1 aromatic carbocycles. The minimum absolute atomic E-state index is 0.907. The molecule has 0 spiro atoms. The van der Waals surface area contributed by atoms with Gasteiger partial charge in [-0.15, -0.1) is 0 Å². The maximum atomic E-state index is 3.93. The first-order chi connectivity index (χ1) is 7.83. The summed E-state index contributed by atoms with van der Waals surface area (Å²) >= 11 is 0.